The van der Waals surface area contributed by atoms with Crippen LogP contribution in [0.25, 0.3) is 0 Å². The standard InChI is InChI=1S/C25H31ClN2O2S/c1-18-7-13-23(14-8-18)31-16-15-24(29)28(17-20-9-11-21(26)12-10-20)19(2)25(30)27-22-5-3-4-6-22/h7-14,19,22H,3-6,15-17H2,1-2H3,(H,27,30). The van der Waals surface area contributed by atoms with Crippen molar-refractivity contribution in [3.63, 3.8) is 0 Å². The van der Waals surface area contributed by atoms with Crippen molar-refractivity contribution < 1.29 is 9.59 Å². The van der Waals surface area contributed by atoms with E-state index in [0.717, 1.165) is 36.1 Å². The van der Waals surface area contributed by atoms with Gasteiger partial charge in [-0.3, -0.25) is 9.59 Å². The second-order valence-corrected chi connectivity index (χ2v) is 9.83. The molecule has 0 saturated heterocycles. The molecule has 166 valence electrons. The largest absolute Gasteiger partial charge is 0.352 e. The van der Waals surface area contributed by atoms with Crippen molar-refractivity contribution in [3.05, 3.63) is 64.7 Å². The maximum absolute atomic E-state index is 13.1. The Morgan fingerprint density at radius 2 is 1.74 bits per heavy atom. The highest BCUT2D eigenvalue weighted by Gasteiger charge is 2.28. The van der Waals surface area contributed by atoms with Gasteiger partial charge in [-0.15, -0.1) is 11.8 Å². The number of nitrogens with one attached hydrogen (secondary N) is 1. The number of nitrogens with zero attached hydrogens (tertiary/aromatic N) is 1. The van der Waals surface area contributed by atoms with E-state index in [9.17, 15) is 9.59 Å². The van der Waals surface area contributed by atoms with E-state index in [1.807, 2.05) is 31.2 Å². The molecule has 6 heteroatoms. The third-order valence-corrected chi connectivity index (χ3v) is 7.01. The van der Waals surface area contributed by atoms with Gasteiger partial charge in [-0.25, -0.2) is 0 Å². The minimum Gasteiger partial charge on any atom is -0.352 e. The summed E-state index contributed by atoms with van der Waals surface area (Å²) < 4.78 is 0. The third-order valence-electron chi connectivity index (χ3n) is 5.74. The molecule has 1 aliphatic carbocycles. The summed E-state index contributed by atoms with van der Waals surface area (Å²) in [6.45, 7) is 4.28. The van der Waals surface area contributed by atoms with E-state index in [1.165, 1.54) is 5.56 Å². The van der Waals surface area contributed by atoms with Crippen LogP contribution in [0.5, 0.6) is 0 Å². The molecule has 0 spiro atoms. The highest BCUT2D eigenvalue weighted by Crippen LogP contribution is 2.22. The number of carbonyl (C=O) groups excluding carboxylic acids is 2. The zero-order chi connectivity index (χ0) is 22.2. The van der Waals surface area contributed by atoms with E-state index in [1.54, 1.807) is 16.7 Å². The molecular formula is C25H31ClN2O2S. The lowest BCUT2D eigenvalue weighted by molar-refractivity contribution is -0.140. The minimum atomic E-state index is -0.520. The third kappa shape index (κ3) is 7.29. The molecule has 3 rings (SSSR count). The molecule has 2 amide bonds. The van der Waals surface area contributed by atoms with E-state index in [4.69, 9.17) is 11.6 Å². The maximum Gasteiger partial charge on any atom is 0.242 e. The van der Waals surface area contributed by atoms with Crippen LogP contribution in [0.15, 0.2) is 53.4 Å². The Labute approximate surface area is 194 Å². The quantitative estimate of drug-likeness (QED) is 0.497. The maximum atomic E-state index is 13.1. The van der Waals surface area contributed by atoms with Gasteiger partial charge in [-0.2, -0.15) is 0 Å². The molecule has 4 nitrogen and oxygen atoms in total. The summed E-state index contributed by atoms with van der Waals surface area (Å²) in [5.74, 6) is 0.597. The monoisotopic (exact) mass is 458 g/mol. The smallest absolute Gasteiger partial charge is 0.242 e. The molecule has 1 atom stereocenters. The van der Waals surface area contributed by atoms with Crippen molar-refractivity contribution in [2.45, 2.75) is 69.5 Å². The molecule has 2 aromatic rings. The molecule has 1 N–H and O–H groups in total. The molecule has 0 radical (unpaired) electrons. The van der Waals surface area contributed by atoms with Gasteiger partial charge in [0, 0.05) is 34.7 Å². The first kappa shape index (κ1) is 23.7. The molecule has 0 aromatic heterocycles. The fraction of sp³-hybridized carbons (Fsp3) is 0.440. The highest BCUT2D eigenvalue weighted by molar-refractivity contribution is 7.99. The number of carbonyl (C=O) groups is 2. The minimum absolute atomic E-state index is 0.0105. The number of rotatable bonds is 9. The van der Waals surface area contributed by atoms with Gasteiger partial charge >= 0.3 is 0 Å². The molecule has 0 bridgehead atoms. The number of thioether (sulfide) groups is 1. The average Bonchev–Trinajstić information content (AvgIpc) is 3.27. The van der Waals surface area contributed by atoms with Gasteiger partial charge in [0.15, 0.2) is 0 Å². The van der Waals surface area contributed by atoms with Crippen LogP contribution in [-0.2, 0) is 16.1 Å². The number of benzene rings is 2. The Morgan fingerprint density at radius 1 is 1.10 bits per heavy atom. The first-order valence-electron chi connectivity index (χ1n) is 11.0. The van der Waals surface area contributed by atoms with Crippen LogP contribution in [0.1, 0.15) is 50.2 Å². The SMILES string of the molecule is Cc1ccc(SCCC(=O)N(Cc2ccc(Cl)cc2)C(C)C(=O)NC2CCCC2)cc1. The van der Waals surface area contributed by atoms with Gasteiger partial charge < -0.3 is 10.2 Å². The summed E-state index contributed by atoms with van der Waals surface area (Å²) >= 11 is 7.67. The van der Waals surface area contributed by atoms with Crippen molar-refractivity contribution in [1.82, 2.24) is 10.2 Å². The molecule has 1 aliphatic rings. The van der Waals surface area contributed by atoms with Gasteiger partial charge in [0.05, 0.1) is 0 Å². The predicted molar refractivity (Wildman–Crippen MR) is 128 cm³/mol. The number of amides is 2. The Morgan fingerprint density at radius 3 is 2.39 bits per heavy atom. The lowest BCUT2D eigenvalue weighted by atomic mass is 10.1. The fourth-order valence-electron chi connectivity index (χ4n) is 3.80. The van der Waals surface area contributed by atoms with Gasteiger partial charge in [-0.1, -0.05) is 54.3 Å². The normalized spacial score (nSPS) is 14.9. The fourth-order valence-corrected chi connectivity index (χ4v) is 4.76. The highest BCUT2D eigenvalue weighted by atomic mass is 35.5. The zero-order valence-corrected chi connectivity index (χ0v) is 19.8. The van der Waals surface area contributed by atoms with E-state index in [-0.39, 0.29) is 17.9 Å². The second kappa shape index (κ2) is 11.6. The van der Waals surface area contributed by atoms with Gasteiger partial charge in [0.1, 0.15) is 6.04 Å². The van der Waals surface area contributed by atoms with Gasteiger partial charge in [-0.05, 0) is 56.5 Å². The lowest BCUT2D eigenvalue weighted by Crippen LogP contribution is -2.49. The van der Waals surface area contributed by atoms with Crippen molar-refractivity contribution >= 4 is 35.2 Å². The van der Waals surface area contributed by atoms with Crippen molar-refractivity contribution in [3.8, 4) is 0 Å². The molecular weight excluding hydrogens is 428 g/mol. The van der Waals surface area contributed by atoms with Crippen LogP contribution in [0.2, 0.25) is 5.02 Å². The van der Waals surface area contributed by atoms with Gasteiger partial charge in [0.2, 0.25) is 11.8 Å². The number of hydrogen-bond acceptors (Lipinski definition) is 3. The summed E-state index contributed by atoms with van der Waals surface area (Å²) in [6, 6.07) is 15.5. The lowest BCUT2D eigenvalue weighted by Gasteiger charge is -2.30. The van der Waals surface area contributed by atoms with Crippen LogP contribution < -0.4 is 5.32 Å². The molecule has 1 saturated carbocycles. The van der Waals surface area contributed by atoms with E-state index < -0.39 is 6.04 Å². The van der Waals surface area contributed by atoms with Crippen molar-refractivity contribution in [1.29, 1.82) is 0 Å². The summed E-state index contributed by atoms with van der Waals surface area (Å²) in [4.78, 5) is 28.9. The van der Waals surface area contributed by atoms with E-state index >= 15 is 0 Å². The van der Waals surface area contributed by atoms with Crippen LogP contribution >= 0.6 is 23.4 Å². The number of hydrogen-bond donors (Lipinski definition) is 1. The van der Waals surface area contributed by atoms with Crippen LogP contribution in [-0.4, -0.2) is 34.6 Å². The predicted octanol–water partition coefficient (Wildman–Crippen LogP) is 5.61. The first-order valence-corrected chi connectivity index (χ1v) is 12.3. The zero-order valence-electron chi connectivity index (χ0n) is 18.3. The number of aryl methyl sites for hydroxylation is 1. The molecule has 1 unspecified atom stereocenters. The van der Waals surface area contributed by atoms with E-state index in [0.29, 0.717) is 23.7 Å². The van der Waals surface area contributed by atoms with Crippen molar-refractivity contribution in [2.24, 2.45) is 0 Å². The molecule has 1 fully saturated rings. The first-order chi connectivity index (χ1) is 14.9. The van der Waals surface area contributed by atoms with Gasteiger partial charge in [0.25, 0.3) is 0 Å². The molecule has 0 heterocycles. The molecule has 2 aromatic carbocycles. The van der Waals surface area contributed by atoms with Crippen LogP contribution in [0, 0.1) is 6.92 Å². The molecule has 31 heavy (non-hydrogen) atoms. The summed E-state index contributed by atoms with van der Waals surface area (Å²) in [5, 5.41) is 3.79. The second-order valence-electron chi connectivity index (χ2n) is 8.23. The summed E-state index contributed by atoms with van der Waals surface area (Å²) in [6.07, 6.45) is 4.74. The van der Waals surface area contributed by atoms with Crippen LogP contribution in [0.4, 0.5) is 0 Å². The Hall–Kier alpha value is -1.98. The van der Waals surface area contributed by atoms with Crippen molar-refractivity contribution in [2.75, 3.05) is 5.75 Å². The average molecular weight is 459 g/mol. The summed E-state index contributed by atoms with van der Waals surface area (Å²) in [5.41, 5.74) is 2.18. The Bertz CT molecular complexity index is 864. The summed E-state index contributed by atoms with van der Waals surface area (Å²) in [7, 11) is 0. The Balaban J connectivity index is 1.64. The van der Waals surface area contributed by atoms with Crippen LogP contribution in [0.3, 0.4) is 0 Å². The molecule has 0 aliphatic heterocycles. The Kier molecular flexibility index (Phi) is 8.85. The number of halogens is 1. The topological polar surface area (TPSA) is 49.4 Å². The van der Waals surface area contributed by atoms with E-state index in [2.05, 4.69) is 36.5 Å².